The number of aromatic nitrogens is 1. The third-order valence-corrected chi connectivity index (χ3v) is 4.00. The Hall–Kier alpha value is -0.450. The van der Waals surface area contributed by atoms with Crippen LogP contribution < -0.4 is 5.32 Å². The van der Waals surface area contributed by atoms with Crippen molar-refractivity contribution in [3.63, 3.8) is 0 Å². The summed E-state index contributed by atoms with van der Waals surface area (Å²) in [6.45, 7) is 5.00. The van der Waals surface area contributed by atoms with Crippen LogP contribution in [-0.2, 0) is 5.60 Å². The van der Waals surface area contributed by atoms with E-state index in [-0.39, 0.29) is 6.04 Å². The van der Waals surface area contributed by atoms with Gasteiger partial charge in [-0.15, -0.1) is 0 Å². The third-order valence-electron chi connectivity index (χ3n) is 2.96. The van der Waals surface area contributed by atoms with Crippen LogP contribution in [0.1, 0.15) is 30.3 Å². The predicted molar refractivity (Wildman–Crippen MR) is 57.4 cm³/mol. The molecule has 1 aliphatic rings. The largest absolute Gasteiger partial charge is 0.383 e. The highest BCUT2D eigenvalue weighted by Gasteiger charge is 2.39. The normalized spacial score (nSPS) is 33.2. The second-order valence-electron chi connectivity index (χ2n) is 4.04. The smallest absolute Gasteiger partial charge is 0.115 e. The molecule has 3 nitrogen and oxygen atoms in total. The third kappa shape index (κ3) is 1.58. The maximum Gasteiger partial charge on any atom is 0.115 e. The highest BCUT2D eigenvalue weighted by atomic mass is 32.1. The van der Waals surface area contributed by atoms with Gasteiger partial charge < -0.3 is 10.4 Å². The van der Waals surface area contributed by atoms with Gasteiger partial charge in [-0.05, 0) is 50.8 Å². The average Bonchev–Trinajstić information content (AvgIpc) is 2.58. The second kappa shape index (κ2) is 3.61. The predicted octanol–water partition coefficient (Wildman–Crippen LogP) is 1.41. The number of piperidine rings is 1. The first-order valence-corrected chi connectivity index (χ1v) is 5.80. The average molecular weight is 212 g/mol. The van der Waals surface area contributed by atoms with Crippen molar-refractivity contribution < 1.29 is 5.11 Å². The van der Waals surface area contributed by atoms with Crippen molar-refractivity contribution in [1.82, 2.24) is 9.69 Å². The lowest BCUT2D eigenvalue weighted by atomic mass is 9.85. The molecule has 2 N–H and O–H groups in total. The van der Waals surface area contributed by atoms with Gasteiger partial charge in [-0.25, -0.2) is 0 Å². The summed E-state index contributed by atoms with van der Waals surface area (Å²) in [6.07, 6.45) is 1.86. The van der Waals surface area contributed by atoms with Crippen molar-refractivity contribution in [1.29, 1.82) is 0 Å². The highest BCUT2D eigenvalue weighted by molar-refractivity contribution is 7.06. The Morgan fingerprint density at radius 3 is 3.07 bits per heavy atom. The van der Waals surface area contributed by atoms with E-state index < -0.39 is 5.60 Å². The molecule has 0 aliphatic carbocycles. The van der Waals surface area contributed by atoms with Crippen LogP contribution in [0.3, 0.4) is 0 Å². The van der Waals surface area contributed by atoms with E-state index in [1.165, 1.54) is 11.5 Å². The van der Waals surface area contributed by atoms with Crippen molar-refractivity contribution in [2.75, 3.05) is 6.54 Å². The number of rotatable bonds is 1. The molecule has 0 spiro atoms. The molecule has 4 heteroatoms. The summed E-state index contributed by atoms with van der Waals surface area (Å²) in [4.78, 5) is 0.995. The van der Waals surface area contributed by atoms with Gasteiger partial charge in [0.25, 0.3) is 0 Å². The van der Waals surface area contributed by atoms with E-state index in [1.807, 2.05) is 19.9 Å². The van der Waals surface area contributed by atoms with E-state index in [0.717, 1.165) is 30.0 Å². The zero-order valence-corrected chi connectivity index (χ0v) is 9.40. The Balaban J connectivity index is 2.29. The fourth-order valence-electron chi connectivity index (χ4n) is 1.97. The van der Waals surface area contributed by atoms with Gasteiger partial charge in [-0.1, -0.05) is 0 Å². The summed E-state index contributed by atoms with van der Waals surface area (Å²) in [6, 6.07) is 2.12. The van der Waals surface area contributed by atoms with Crippen LogP contribution in [0, 0.1) is 6.92 Å². The molecule has 1 saturated heterocycles. The summed E-state index contributed by atoms with van der Waals surface area (Å²) in [7, 11) is 0. The number of aryl methyl sites for hydroxylation is 1. The Kier molecular flexibility index (Phi) is 2.60. The maximum atomic E-state index is 10.5. The first-order valence-electron chi connectivity index (χ1n) is 5.02. The van der Waals surface area contributed by atoms with Gasteiger partial charge in [0, 0.05) is 6.04 Å². The summed E-state index contributed by atoms with van der Waals surface area (Å²) in [5.41, 5.74) is 0.292. The molecule has 14 heavy (non-hydrogen) atoms. The molecule has 1 aromatic rings. The van der Waals surface area contributed by atoms with Crippen LogP contribution in [-0.4, -0.2) is 22.1 Å². The molecule has 2 unspecified atom stereocenters. The fourth-order valence-corrected chi connectivity index (χ4v) is 2.92. The van der Waals surface area contributed by atoms with Crippen molar-refractivity contribution in [3.8, 4) is 0 Å². The summed E-state index contributed by atoms with van der Waals surface area (Å²) in [5.74, 6) is 0. The molecular formula is C10H16N2OS. The Morgan fingerprint density at radius 1 is 1.71 bits per heavy atom. The number of hydrogen-bond donors (Lipinski definition) is 2. The lowest BCUT2D eigenvalue weighted by Gasteiger charge is -2.37. The lowest BCUT2D eigenvalue weighted by Crippen LogP contribution is -2.50. The van der Waals surface area contributed by atoms with E-state index in [0.29, 0.717) is 0 Å². The zero-order chi connectivity index (χ0) is 10.2. The van der Waals surface area contributed by atoms with Gasteiger partial charge >= 0.3 is 0 Å². The molecule has 0 radical (unpaired) electrons. The SMILES string of the molecule is Cc1cc(C2(O)CCCNC2C)sn1. The molecule has 78 valence electrons. The van der Waals surface area contributed by atoms with Crippen LogP contribution in [0.5, 0.6) is 0 Å². The molecule has 0 amide bonds. The fraction of sp³-hybridized carbons (Fsp3) is 0.700. The molecule has 0 saturated carbocycles. The quantitative estimate of drug-likeness (QED) is 0.740. The van der Waals surface area contributed by atoms with Crippen molar-refractivity contribution >= 4 is 11.5 Å². The first kappa shape index (κ1) is 10.1. The Labute approximate surface area is 88.3 Å². The van der Waals surface area contributed by atoms with E-state index in [1.54, 1.807) is 0 Å². The van der Waals surface area contributed by atoms with Crippen molar-refractivity contribution in [3.05, 3.63) is 16.6 Å². The van der Waals surface area contributed by atoms with Crippen LogP contribution in [0.2, 0.25) is 0 Å². The highest BCUT2D eigenvalue weighted by Crippen LogP contribution is 2.35. The standard InChI is InChI=1S/C10H16N2OS/c1-7-6-9(14-12-7)10(13)4-3-5-11-8(10)2/h6,8,11,13H,3-5H2,1-2H3. The second-order valence-corrected chi connectivity index (χ2v) is 4.84. The van der Waals surface area contributed by atoms with Gasteiger partial charge in [-0.3, -0.25) is 0 Å². The number of aliphatic hydroxyl groups is 1. The molecule has 1 fully saturated rings. The van der Waals surface area contributed by atoms with E-state index >= 15 is 0 Å². The monoisotopic (exact) mass is 212 g/mol. The van der Waals surface area contributed by atoms with Crippen LogP contribution in [0.4, 0.5) is 0 Å². The number of nitrogens with one attached hydrogen (secondary N) is 1. The summed E-state index contributed by atoms with van der Waals surface area (Å²) in [5, 5.41) is 13.8. The van der Waals surface area contributed by atoms with E-state index in [2.05, 4.69) is 9.69 Å². The first-order chi connectivity index (χ1) is 6.63. The van der Waals surface area contributed by atoms with Crippen LogP contribution in [0.15, 0.2) is 6.07 Å². The lowest BCUT2D eigenvalue weighted by molar-refractivity contribution is -0.0193. The Morgan fingerprint density at radius 2 is 2.50 bits per heavy atom. The van der Waals surface area contributed by atoms with Gasteiger partial charge in [0.2, 0.25) is 0 Å². The van der Waals surface area contributed by atoms with Crippen LogP contribution in [0.25, 0.3) is 0 Å². The molecule has 2 heterocycles. The molecule has 2 rings (SSSR count). The molecular weight excluding hydrogens is 196 g/mol. The minimum atomic E-state index is -0.704. The summed E-state index contributed by atoms with van der Waals surface area (Å²) < 4.78 is 4.23. The van der Waals surface area contributed by atoms with E-state index in [4.69, 9.17) is 0 Å². The van der Waals surface area contributed by atoms with Gasteiger partial charge in [-0.2, -0.15) is 4.37 Å². The van der Waals surface area contributed by atoms with E-state index in [9.17, 15) is 5.11 Å². The molecule has 0 aromatic carbocycles. The minimum Gasteiger partial charge on any atom is -0.383 e. The minimum absolute atomic E-state index is 0.121. The van der Waals surface area contributed by atoms with Gasteiger partial charge in [0.1, 0.15) is 5.60 Å². The van der Waals surface area contributed by atoms with Crippen molar-refractivity contribution in [2.45, 2.75) is 38.3 Å². The maximum absolute atomic E-state index is 10.5. The molecule has 2 atom stereocenters. The van der Waals surface area contributed by atoms with Gasteiger partial charge in [0.05, 0.1) is 10.6 Å². The zero-order valence-electron chi connectivity index (χ0n) is 8.58. The van der Waals surface area contributed by atoms with Crippen LogP contribution >= 0.6 is 11.5 Å². The summed E-state index contributed by atoms with van der Waals surface area (Å²) >= 11 is 1.42. The topological polar surface area (TPSA) is 45.1 Å². The number of nitrogens with zero attached hydrogens (tertiary/aromatic N) is 1. The number of hydrogen-bond acceptors (Lipinski definition) is 4. The Bertz CT molecular complexity index is 326. The molecule has 1 aromatic heterocycles. The van der Waals surface area contributed by atoms with Crippen molar-refractivity contribution in [2.24, 2.45) is 0 Å². The van der Waals surface area contributed by atoms with Gasteiger partial charge in [0.15, 0.2) is 0 Å². The molecule has 0 bridgehead atoms. The molecule has 1 aliphatic heterocycles.